The van der Waals surface area contributed by atoms with Crippen LogP contribution in [0.5, 0.6) is 23.0 Å². The fourth-order valence-corrected chi connectivity index (χ4v) is 2.81. The van der Waals surface area contributed by atoms with Gasteiger partial charge < -0.3 is 19.3 Å². The molecule has 0 atom stereocenters. The molecule has 0 heterocycles. The van der Waals surface area contributed by atoms with Crippen LogP contribution in [0.3, 0.4) is 0 Å². The Labute approximate surface area is 191 Å². The average Bonchev–Trinajstić information content (AvgIpc) is 2.84. The molecule has 3 aromatic carbocycles. The number of rotatable bonds is 9. The molecule has 0 aromatic heterocycles. The Morgan fingerprint density at radius 1 is 1.03 bits per heavy atom. The molecule has 8 heteroatoms. The van der Waals surface area contributed by atoms with Gasteiger partial charge in [-0.25, -0.2) is 10.2 Å². The largest absolute Gasteiger partial charge is 0.507 e. The summed E-state index contributed by atoms with van der Waals surface area (Å²) in [5.74, 6) is 0.0245. The van der Waals surface area contributed by atoms with Crippen LogP contribution in [-0.4, -0.2) is 36.9 Å². The van der Waals surface area contributed by atoms with Gasteiger partial charge in [0.2, 0.25) is 0 Å². The van der Waals surface area contributed by atoms with Crippen LogP contribution >= 0.6 is 0 Å². The van der Waals surface area contributed by atoms with E-state index in [1.54, 1.807) is 54.6 Å². The summed E-state index contributed by atoms with van der Waals surface area (Å²) >= 11 is 0. The van der Waals surface area contributed by atoms with E-state index < -0.39 is 11.9 Å². The van der Waals surface area contributed by atoms with Crippen LogP contribution in [-0.2, 0) is 0 Å². The number of nitrogens with zero attached hydrogens (tertiary/aromatic N) is 1. The summed E-state index contributed by atoms with van der Waals surface area (Å²) in [7, 11) is 1.45. The molecule has 33 heavy (non-hydrogen) atoms. The zero-order valence-electron chi connectivity index (χ0n) is 18.3. The van der Waals surface area contributed by atoms with Crippen LogP contribution in [0.25, 0.3) is 0 Å². The molecule has 0 fully saturated rings. The number of carbonyl (C=O) groups is 2. The summed E-state index contributed by atoms with van der Waals surface area (Å²) < 4.78 is 16.3. The highest BCUT2D eigenvalue weighted by atomic mass is 16.6. The molecular formula is C25H24N2O6. The van der Waals surface area contributed by atoms with Crippen molar-refractivity contribution in [3.63, 3.8) is 0 Å². The lowest BCUT2D eigenvalue weighted by atomic mass is 10.2. The second-order valence-corrected chi connectivity index (χ2v) is 6.89. The predicted octanol–water partition coefficient (Wildman–Crippen LogP) is 4.17. The predicted molar refractivity (Wildman–Crippen MR) is 123 cm³/mol. The first-order chi connectivity index (χ1) is 16.0. The minimum absolute atomic E-state index is 0.111. The standard InChI is InChI=1S/C25H24N2O6/c1-3-14-32-19-11-9-18(10-12-19)25(30)33-22-13-8-17(15-23(22)31-2)16-26-27-24(29)20-6-4-5-7-21(20)28/h4-13,15-16,28H,3,14H2,1-2H3,(H,27,29)/b26-16-. The molecule has 0 aliphatic heterocycles. The summed E-state index contributed by atoms with van der Waals surface area (Å²) in [6, 6.07) is 17.7. The monoisotopic (exact) mass is 448 g/mol. The third-order valence-corrected chi connectivity index (χ3v) is 4.48. The molecule has 0 radical (unpaired) electrons. The van der Waals surface area contributed by atoms with Crippen molar-refractivity contribution in [1.82, 2.24) is 5.43 Å². The number of methoxy groups -OCH3 is 1. The molecule has 3 rings (SSSR count). The van der Waals surface area contributed by atoms with E-state index in [2.05, 4.69) is 10.5 Å². The zero-order chi connectivity index (χ0) is 23.6. The number of nitrogens with one attached hydrogen (secondary N) is 1. The first kappa shape index (κ1) is 23.3. The van der Waals surface area contributed by atoms with Crippen molar-refractivity contribution in [2.24, 2.45) is 5.10 Å². The topological polar surface area (TPSA) is 106 Å². The van der Waals surface area contributed by atoms with E-state index in [0.717, 1.165) is 6.42 Å². The van der Waals surface area contributed by atoms with Crippen molar-refractivity contribution in [3.8, 4) is 23.0 Å². The van der Waals surface area contributed by atoms with Gasteiger partial charge in [0, 0.05) is 0 Å². The summed E-state index contributed by atoms with van der Waals surface area (Å²) in [5, 5.41) is 13.6. The summed E-state index contributed by atoms with van der Waals surface area (Å²) in [4.78, 5) is 24.6. The van der Waals surface area contributed by atoms with Gasteiger partial charge >= 0.3 is 5.97 Å². The molecule has 2 N–H and O–H groups in total. The van der Waals surface area contributed by atoms with Crippen LogP contribution in [0.4, 0.5) is 0 Å². The summed E-state index contributed by atoms with van der Waals surface area (Å²) in [6.45, 7) is 2.62. The number of phenolic OH excluding ortho intramolecular Hbond substituents is 1. The van der Waals surface area contributed by atoms with Gasteiger partial charge in [-0.15, -0.1) is 0 Å². The number of benzene rings is 3. The van der Waals surface area contributed by atoms with Crippen molar-refractivity contribution in [1.29, 1.82) is 0 Å². The molecule has 0 bridgehead atoms. The van der Waals surface area contributed by atoms with E-state index in [1.165, 1.54) is 25.5 Å². The number of carbonyl (C=O) groups excluding carboxylic acids is 2. The third-order valence-electron chi connectivity index (χ3n) is 4.48. The summed E-state index contributed by atoms with van der Waals surface area (Å²) in [6.07, 6.45) is 2.30. The smallest absolute Gasteiger partial charge is 0.343 e. The number of aromatic hydroxyl groups is 1. The first-order valence-corrected chi connectivity index (χ1v) is 10.3. The highest BCUT2D eigenvalue weighted by molar-refractivity contribution is 5.97. The number of hydrogen-bond acceptors (Lipinski definition) is 7. The van der Waals surface area contributed by atoms with Crippen LogP contribution in [0, 0.1) is 0 Å². The molecule has 1 amide bonds. The molecule has 170 valence electrons. The molecule has 0 unspecified atom stereocenters. The van der Waals surface area contributed by atoms with E-state index in [9.17, 15) is 14.7 Å². The molecule has 0 aliphatic rings. The fourth-order valence-electron chi connectivity index (χ4n) is 2.81. The highest BCUT2D eigenvalue weighted by Crippen LogP contribution is 2.28. The van der Waals surface area contributed by atoms with Gasteiger partial charge in [-0.05, 0) is 66.6 Å². The maximum absolute atomic E-state index is 12.5. The van der Waals surface area contributed by atoms with Crippen LogP contribution in [0.15, 0.2) is 71.8 Å². The molecular weight excluding hydrogens is 424 g/mol. The fraction of sp³-hybridized carbons (Fsp3) is 0.160. The lowest BCUT2D eigenvalue weighted by molar-refractivity contribution is 0.0729. The van der Waals surface area contributed by atoms with Crippen molar-refractivity contribution < 1.29 is 28.9 Å². The highest BCUT2D eigenvalue weighted by Gasteiger charge is 2.13. The second-order valence-electron chi connectivity index (χ2n) is 6.89. The van der Waals surface area contributed by atoms with Gasteiger partial charge in [-0.1, -0.05) is 19.1 Å². The van der Waals surface area contributed by atoms with Crippen molar-refractivity contribution in [2.45, 2.75) is 13.3 Å². The molecule has 0 saturated carbocycles. The van der Waals surface area contributed by atoms with Crippen LogP contribution in [0.1, 0.15) is 39.6 Å². The minimum atomic E-state index is -0.548. The number of ether oxygens (including phenoxy) is 3. The maximum Gasteiger partial charge on any atom is 0.343 e. The molecule has 3 aromatic rings. The average molecular weight is 448 g/mol. The van der Waals surface area contributed by atoms with Crippen LogP contribution in [0.2, 0.25) is 0 Å². The Hall–Kier alpha value is -4.33. The third kappa shape index (κ3) is 6.33. The molecule has 0 aliphatic carbocycles. The maximum atomic E-state index is 12.5. The van der Waals surface area contributed by atoms with Gasteiger partial charge in [0.1, 0.15) is 11.5 Å². The quantitative estimate of drug-likeness (QED) is 0.220. The van der Waals surface area contributed by atoms with Crippen molar-refractivity contribution in [2.75, 3.05) is 13.7 Å². The van der Waals surface area contributed by atoms with Crippen molar-refractivity contribution >= 4 is 18.1 Å². The Kier molecular flexibility index (Phi) is 8.02. The number of para-hydroxylation sites is 1. The Morgan fingerprint density at radius 2 is 1.79 bits per heavy atom. The lowest BCUT2D eigenvalue weighted by Crippen LogP contribution is -2.17. The number of hydrogen-bond donors (Lipinski definition) is 2. The van der Waals surface area contributed by atoms with Gasteiger partial charge in [-0.3, -0.25) is 4.79 Å². The van der Waals surface area contributed by atoms with Crippen molar-refractivity contribution in [3.05, 3.63) is 83.4 Å². The number of hydrazone groups is 1. The van der Waals surface area contributed by atoms with Gasteiger partial charge in [0.15, 0.2) is 11.5 Å². The first-order valence-electron chi connectivity index (χ1n) is 10.3. The van der Waals surface area contributed by atoms with Crippen LogP contribution < -0.4 is 19.6 Å². The number of amides is 1. The van der Waals surface area contributed by atoms with E-state index in [1.807, 2.05) is 6.92 Å². The second kappa shape index (κ2) is 11.3. The lowest BCUT2D eigenvalue weighted by Gasteiger charge is -2.10. The van der Waals surface area contributed by atoms with Gasteiger partial charge in [0.25, 0.3) is 5.91 Å². The molecule has 8 nitrogen and oxygen atoms in total. The normalized spacial score (nSPS) is 10.6. The van der Waals surface area contributed by atoms with E-state index in [-0.39, 0.29) is 17.1 Å². The number of phenols is 1. The van der Waals surface area contributed by atoms with E-state index >= 15 is 0 Å². The molecule has 0 saturated heterocycles. The van der Waals surface area contributed by atoms with E-state index in [0.29, 0.717) is 29.2 Å². The zero-order valence-corrected chi connectivity index (χ0v) is 18.3. The van der Waals surface area contributed by atoms with Gasteiger partial charge in [-0.2, -0.15) is 5.10 Å². The van der Waals surface area contributed by atoms with E-state index in [4.69, 9.17) is 14.2 Å². The SMILES string of the molecule is CCCOc1ccc(C(=O)Oc2ccc(/C=N\NC(=O)c3ccccc3O)cc2OC)cc1. The Bertz CT molecular complexity index is 1140. The summed E-state index contributed by atoms with van der Waals surface area (Å²) in [5.41, 5.74) is 3.43. The number of esters is 1. The molecule has 0 spiro atoms. The van der Waals surface area contributed by atoms with Gasteiger partial charge in [0.05, 0.1) is 31.1 Å². The minimum Gasteiger partial charge on any atom is -0.507 e. The Morgan fingerprint density at radius 3 is 2.48 bits per heavy atom. The Balaban J connectivity index is 1.64.